The number of amides is 3. The number of rotatable bonds is 6. The fourth-order valence-electron chi connectivity index (χ4n) is 5.13. The molecule has 0 aliphatic carbocycles. The van der Waals surface area contributed by atoms with Crippen molar-refractivity contribution >= 4 is 34.5 Å². The minimum atomic E-state index is -1.06. The van der Waals surface area contributed by atoms with Crippen LogP contribution in [0.4, 0.5) is 16.4 Å². The van der Waals surface area contributed by atoms with Crippen molar-refractivity contribution in [2.24, 2.45) is 0 Å². The molecule has 3 heterocycles. The summed E-state index contributed by atoms with van der Waals surface area (Å²) in [4.78, 5) is 49.8. The fraction of sp³-hybridized carbons (Fsp3) is 0.360. The lowest BCUT2D eigenvalue weighted by Gasteiger charge is -2.42. The van der Waals surface area contributed by atoms with Crippen LogP contribution in [0.25, 0.3) is 10.9 Å². The van der Waals surface area contributed by atoms with Gasteiger partial charge in [-0.25, -0.2) is 9.78 Å². The molecule has 3 amide bonds. The van der Waals surface area contributed by atoms with E-state index < -0.39 is 17.1 Å². The van der Waals surface area contributed by atoms with Gasteiger partial charge < -0.3 is 23.8 Å². The Bertz CT molecular complexity index is 1450. The smallest absolute Gasteiger partial charge is 0.329 e. The molecule has 2 N–H and O–H groups in total. The van der Waals surface area contributed by atoms with Crippen molar-refractivity contribution in [1.29, 1.82) is 0 Å². The largest absolute Gasteiger partial charge is 0.497 e. The molecular weight excluding hydrogens is 482 g/mol. The van der Waals surface area contributed by atoms with E-state index in [-0.39, 0.29) is 17.0 Å². The molecule has 0 radical (unpaired) electrons. The number of carbonyl (C=O) groups excluding carboxylic acids is 2. The summed E-state index contributed by atoms with van der Waals surface area (Å²) in [5.41, 5.74) is -0.511. The lowest BCUT2D eigenvalue weighted by atomic mass is 9.85. The van der Waals surface area contributed by atoms with Crippen molar-refractivity contribution in [3.05, 3.63) is 40.7 Å². The average molecular weight is 510 g/mol. The van der Waals surface area contributed by atoms with Gasteiger partial charge in [0.1, 0.15) is 16.7 Å². The summed E-state index contributed by atoms with van der Waals surface area (Å²) in [7, 11) is 5.94. The van der Waals surface area contributed by atoms with E-state index in [4.69, 9.17) is 18.9 Å². The number of imide groups is 1. The van der Waals surface area contributed by atoms with Crippen LogP contribution >= 0.6 is 0 Å². The first-order valence-corrected chi connectivity index (χ1v) is 11.6. The van der Waals surface area contributed by atoms with Crippen LogP contribution < -0.4 is 39.6 Å². The summed E-state index contributed by atoms with van der Waals surface area (Å²) in [6.45, 7) is 0.750. The highest BCUT2D eigenvalue weighted by Gasteiger charge is 2.55. The van der Waals surface area contributed by atoms with Gasteiger partial charge in [0, 0.05) is 25.2 Å². The van der Waals surface area contributed by atoms with Crippen molar-refractivity contribution in [3.63, 3.8) is 0 Å². The van der Waals surface area contributed by atoms with Gasteiger partial charge in [0.25, 0.3) is 11.5 Å². The molecule has 0 bridgehead atoms. The molecule has 2 aliphatic rings. The molecule has 0 atom stereocenters. The number of hydrogen-bond acceptors (Lipinski definition) is 9. The van der Waals surface area contributed by atoms with Gasteiger partial charge in [-0.05, 0) is 25.0 Å². The Balaban J connectivity index is 1.48. The van der Waals surface area contributed by atoms with Crippen molar-refractivity contribution in [2.45, 2.75) is 18.4 Å². The van der Waals surface area contributed by atoms with E-state index in [0.717, 1.165) is 0 Å². The summed E-state index contributed by atoms with van der Waals surface area (Å²) in [5, 5.41) is 2.70. The van der Waals surface area contributed by atoms with E-state index in [1.807, 2.05) is 4.90 Å². The maximum absolute atomic E-state index is 13.1. The Morgan fingerprint density at radius 2 is 1.65 bits per heavy atom. The average Bonchev–Trinajstić information content (AvgIpc) is 3.15. The minimum Gasteiger partial charge on any atom is -0.497 e. The minimum absolute atomic E-state index is 0.227. The third kappa shape index (κ3) is 3.76. The zero-order valence-corrected chi connectivity index (χ0v) is 20.9. The van der Waals surface area contributed by atoms with Crippen LogP contribution in [0.2, 0.25) is 0 Å². The number of nitrogens with one attached hydrogen (secondary N) is 2. The van der Waals surface area contributed by atoms with Crippen molar-refractivity contribution in [2.75, 3.05) is 51.3 Å². The number of aromatic amines is 1. The van der Waals surface area contributed by atoms with E-state index in [1.54, 1.807) is 37.4 Å². The summed E-state index contributed by atoms with van der Waals surface area (Å²) < 4.78 is 21.5. The zero-order valence-electron chi connectivity index (χ0n) is 20.9. The highest BCUT2D eigenvalue weighted by Crippen LogP contribution is 2.42. The van der Waals surface area contributed by atoms with Crippen molar-refractivity contribution < 1.29 is 28.5 Å². The number of carbonyl (C=O) groups is 2. The van der Waals surface area contributed by atoms with Crippen molar-refractivity contribution in [3.8, 4) is 23.0 Å². The molecule has 1 aromatic heterocycles. The normalized spacial score (nSPS) is 16.8. The van der Waals surface area contributed by atoms with Gasteiger partial charge in [-0.3, -0.25) is 24.8 Å². The summed E-state index contributed by atoms with van der Waals surface area (Å²) in [6, 6.07) is 8.19. The van der Waals surface area contributed by atoms with Crippen LogP contribution in [-0.4, -0.2) is 69.0 Å². The first-order valence-electron chi connectivity index (χ1n) is 11.6. The number of urea groups is 1. The number of aromatic nitrogens is 2. The number of methoxy groups -OCH3 is 4. The number of fused-ring (bicyclic) bond motifs is 1. The van der Waals surface area contributed by atoms with Gasteiger partial charge in [0.05, 0.1) is 39.6 Å². The highest BCUT2D eigenvalue weighted by molar-refractivity contribution is 6.17. The lowest BCUT2D eigenvalue weighted by molar-refractivity contribution is -0.124. The Kier molecular flexibility index (Phi) is 6.02. The van der Waals surface area contributed by atoms with E-state index in [1.165, 1.54) is 26.2 Å². The molecule has 12 heteroatoms. The van der Waals surface area contributed by atoms with Gasteiger partial charge in [0.15, 0.2) is 11.5 Å². The molecule has 0 unspecified atom stereocenters. The summed E-state index contributed by atoms with van der Waals surface area (Å²) >= 11 is 0. The van der Waals surface area contributed by atoms with Gasteiger partial charge in [-0.2, -0.15) is 0 Å². The van der Waals surface area contributed by atoms with Crippen LogP contribution in [-0.2, 0) is 4.79 Å². The molecular formula is C25H27N5O7. The van der Waals surface area contributed by atoms with E-state index in [0.29, 0.717) is 60.3 Å². The van der Waals surface area contributed by atoms with Crippen LogP contribution in [0.3, 0.4) is 0 Å². The molecule has 0 saturated carbocycles. The Hall–Kier alpha value is -4.48. The first-order chi connectivity index (χ1) is 17.9. The number of ether oxygens (including phenoxy) is 4. The first kappa shape index (κ1) is 24.2. The van der Waals surface area contributed by atoms with E-state index in [9.17, 15) is 14.4 Å². The molecule has 37 heavy (non-hydrogen) atoms. The quantitative estimate of drug-likeness (QED) is 0.479. The van der Waals surface area contributed by atoms with Crippen LogP contribution in [0.1, 0.15) is 12.8 Å². The second-order valence-corrected chi connectivity index (χ2v) is 8.74. The molecule has 1 spiro atoms. The lowest BCUT2D eigenvalue weighted by Crippen LogP contribution is -2.57. The highest BCUT2D eigenvalue weighted by atomic mass is 16.5. The number of piperidine rings is 1. The second kappa shape index (κ2) is 9.19. The summed E-state index contributed by atoms with van der Waals surface area (Å²) in [6.07, 6.45) is 0.664. The number of H-pyrrole nitrogens is 1. The number of benzene rings is 2. The monoisotopic (exact) mass is 509 g/mol. The Labute approximate surface area is 212 Å². The molecule has 194 valence electrons. The maximum atomic E-state index is 13.1. The molecule has 2 fully saturated rings. The van der Waals surface area contributed by atoms with Crippen LogP contribution in [0.5, 0.6) is 23.0 Å². The third-order valence-electron chi connectivity index (χ3n) is 6.96. The predicted octanol–water partition coefficient (Wildman–Crippen LogP) is 2.05. The number of hydrogen-bond donors (Lipinski definition) is 2. The van der Waals surface area contributed by atoms with Crippen molar-refractivity contribution in [1.82, 2.24) is 15.3 Å². The standard InChI is InChI=1S/C25H27N5O7/c1-34-15-7-5-6-14(12-15)30-24(33)28-22(32)25(30)8-10-29(11-9-25)23-26-16-13-17(35-2)19(36-3)20(37-4)18(16)21(31)27-23/h5-7,12-13H,8-11H2,1-4H3,(H,26,27,31)(H,28,32,33). The summed E-state index contributed by atoms with van der Waals surface area (Å²) in [5.74, 6) is 1.49. The Morgan fingerprint density at radius 1 is 0.919 bits per heavy atom. The molecule has 3 aromatic rings. The zero-order chi connectivity index (χ0) is 26.3. The SMILES string of the molecule is COc1cccc(N2C(=O)NC(=O)C23CCN(c2nc4cc(OC)c(OC)c(OC)c4c(=O)[nH]2)CC3)c1. The fourth-order valence-corrected chi connectivity index (χ4v) is 5.13. The maximum Gasteiger partial charge on any atom is 0.329 e. The molecule has 2 aliphatic heterocycles. The van der Waals surface area contributed by atoms with Gasteiger partial charge in [-0.15, -0.1) is 0 Å². The third-order valence-corrected chi connectivity index (χ3v) is 6.96. The van der Waals surface area contributed by atoms with Gasteiger partial charge >= 0.3 is 6.03 Å². The van der Waals surface area contributed by atoms with E-state index >= 15 is 0 Å². The molecule has 2 aromatic carbocycles. The number of nitrogens with zero attached hydrogens (tertiary/aromatic N) is 3. The topological polar surface area (TPSA) is 135 Å². The Morgan fingerprint density at radius 3 is 2.30 bits per heavy atom. The second-order valence-electron chi connectivity index (χ2n) is 8.74. The van der Waals surface area contributed by atoms with Crippen LogP contribution in [0, 0.1) is 0 Å². The molecule has 2 saturated heterocycles. The van der Waals surface area contributed by atoms with E-state index in [2.05, 4.69) is 15.3 Å². The van der Waals surface area contributed by atoms with Crippen LogP contribution in [0.15, 0.2) is 35.1 Å². The number of anilines is 2. The molecule has 12 nitrogen and oxygen atoms in total. The van der Waals surface area contributed by atoms with Gasteiger partial charge in [-0.1, -0.05) is 6.07 Å². The van der Waals surface area contributed by atoms with Gasteiger partial charge in [0.2, 0.25) is 11.7 Å². The predicted molar refractivity (Wildman–Crippen MR) is 135 cm³/mol. The molecule has 5 rings (SSSR count).